The predicted molar refractivity (Wildman–Crippen MR) is 109 cm³/mol. The van der Waals surface area contributed by atoms with Crippen LogP contribution in [0, 0.1) is 5.41 Å². The number of carbonyl (C=O) groups is 1. The first-order chi connectivity index (χ1) is 14.3. The van der Waals surface area contributed by atoms with Gasteiger partial charge < -0.3 is 5.32 Å². The first-order valence-corrected chi connectivity index (χ1v) is 11.2. The molecule has 2 rings (SSSR count). The van der Waals surface area contributed by atoms with Gasteiger partial charge in [-0.25, -0.2) is 8.42 Å². The van der Waals surface area contributed by atoms with Crippen LogP contribution in [0.1, 0.15) is 39.2 Å². The van der Waals surface area contributed by atoms with E-state index < -0.39 is 26.7 Å². The minimum absolute atomic E-state index is 0.0257. The number of hydrogen-bond acceptors (Lipinski definition) is 5. The van der Waals surface area contributed by atoms with E-state index in [2.05, 4.69) is 31.6 Å². The third kappa shape index (κ3) is 7.82. The van der Waals surface area contributed by atoms with Gasteiger partial charge in [-0.15, -0.1) is 0 Å². The standard InChI is InChI=1S/C20H28F3N3O4S/c1-19(2,3)9-10-24-18(27)14-30-25-16-7-11-26(12-8-16)31(28,29)17-6-4-5-15(13-17)20(21,22)23/h4-7,13,25H,8-12,14H2,1-3H3,(H,24,27). The Kier molecular flexibility index (Phi) is 8.12. The van der Waals surface area contributed by atoms with Gasteiger partial charge >= 0.3 is 6.18 Å². The van der Waals surface area contributed by atoms with Crippen LogP contribution in [0.25, 0.3) is 0 Å². The third-order valence-corrected chi connectivity index (χ3v) is 6.44. The number of sulfonamides is 1. The van der Waals surface area contributed by atoms with E-state index in [0.29, 0.717) is 18.3 Å². The SMILES string of the molecule is CC(C)(C)CCNC(=O)CONC1=CCN(S(=O)(=O)c2cccc(C(F)(F)F)c2)CC1. The topological polar surface area (TPSA) is 87.7 Å². The van der Waals surface area contributed by atoms with Crippen LogP contribution in [0.2, 0.25) is 0 Å². The number of benzene rings is 1. The molecular weight excluding hydrogens is 435 g/mol. The molecule has 2 N–H and O–H groups in total. The maximum absolute atomic E-state index is 12.9. The average Bonchev–Trinajstić information content (AvgIpc) is 2.67. The molecule has 31 heavy (non-hydrogen) atoms. The fourth-order valence-corrected chi connectivity index (χ4v) is 4.19. The van der Waals surface area contributed by atoms with E-state index in [1.165, 1.54) is 0 Å². The number of rotatable bonds is 8. The van der Waals surface area contributed by atoms with Gasteiger partial charge in [0.1, 0.15) is 0 Å². The van der Waals surface area contributed by atoms with Gasteiger partial charge in [0.15, 0.2) is 6.61 Å². The van der Waals surface area contributed by atoms with Crippen molar-refractivity contribution in [2.75, 3.05) is 26.2 Å². The highest BCUT2D eigenvalue weighted by Crippen LogP contribution is 2.31. The molecule has 11 heteroatoms. The first kappa shape index (κ1) is 25.2. The van der Waals surface area contributed by atoms with Crippen molar-refractivity contribution in [2.45, 2.75) is 44.7 Å². The van der Waals surface area contributed by atoms with Crippen LogP contribution in [0.15, 0.2) is 40.9 Å². The molecule has 1 aromatic carbocycles. The number of nitrogens with zero attached hydrogens (tertiary/aromatic N) is 1. The van der Waals surface area contributed by atoms with Gasteiger partial charge in [0.25, 0.3) is 0 Å². The molecule has 0 saturated heterocycles. The molecule has 0 spiro atoms. The van der Waals surface area contributed by atoms with Crippen molar-refractivity contribution in [3.05, 3.63) is 41.6 Å². The first-order valence-electron chi connectivity index (χ1n) is 9.80. The molecule has 1 aromatic rings. The lowest BCUT2D eigenvalue weighted by Gasteiger charge is -2.26. The second-order valence-corrected chi connectivity index (χ2v) is 10.4. The molecule has 1 amide bonds. The van der Waals surface area contributed by atoms with Gasteiger partial charge in [-0.05, 0) is 36.1 Å². The number of hydroxylamine groups is 1. The van der Waals surface area contributed by atoms with E-state index in [0.717, 1.165) is 28.9 Å². The summed E-state index contributed by atoms with van der Waals surface area (Å²) in [5.74, 6) is -0.276. The maximum atomic E-state index is 12.9. The summed E-state index contributed by atoms with van der Waals surface area (Å²) >= 11 is 0. The lowest BCUT2D eigenvalue weighted by Crippen LogP contribution is -2.37. The second kappa shape index (κ2) is 10.0. The lowest BCUT2D eigenvalue weighted by molar-refractivity contribution is -0.137. The quantitative estimate of drug-likeness (QED) is 0.579. The zero-order valence-electron chi connectivity index (χ0n) is 17.8. The summed E-state index contributed by atoms with van der Waals surface area (Å²) in [6.07, 6.45) is -1.97. The molecule has 0 radical (unpaired) electrons. The number of nitrogens with one attached hydrogen (secondary N) is 2. The molecule has 0 aromatic heterocycles. The highest BCUT2D eigenvalue weighted by molar-refractivity contribution is 7.89. The zero-order chi connectivity index (χ0) is 23.3. The van der Waals surface area contributed by atoms with Gasteiger partial charge in [0.05, 0.1) is 10.5 Å². The van der Waals surface area contributed by atoms with Gasteiger partial charge in [-0.1, -0.05) is 26.8 Å². The monoisotopic (exact) mass is 463 g/mol. The summed E-state index contributed by atoms with van der Waals surface area (Å²) in [4.78, 5) is 16.5. The van der Waals surface area contributed by atoms with E-state index in [1.807, 2.05) is 0 Å². The molecule has 174 valence electrons. The number of halogens is 3. The van der Waals surface area contributed by atoms with Crippen LogP contribution >= 0.6 is 0 Å². The van der Waals surface area contributed by atoms with E-state index >= 15 is 0 Å². The molecule has 1 heterocycles. The van der Waals surface area contributed by atoms with Gasteiger partial charge in [-0.2, -0.15) is 17.5 Å². The molecule has 1 aliphatic rings. The van der Waals surface area contributed by atoms with Gasteiger partial charge in [0, 0.05) is 31.8 Å². The van der Waals surface area contributed by atoms with Crippen molar-refractivity contribution in [3.8, 4) is 0 Å². The van der Waals surface area contributed by atoms with Crippen molar-refractivity contribution in [2.24, 2.45) is 5.41 Å². The Morgan fingerprint density at radius 2 is 1.94 bits per heavy atom. The predicted octanol–water partition coefficient (Wildman–Crippen LogP) is 3.06. The minimum atomic E-state index is -4.62. The number of alkyl halides is 3. The Morgan fingerprint density at radius 3 is 2.52 bits per heavy atom. The van der Waals surface area contributed by atoms with Crippen LogP contribution in [-0.2, 0) is 25.8 Å². The van der Waals surface area contributed by atoms with Crippen molar-refractivity contribution >= 4 is 15.9 Å². The van der Waals surface area contributed by atoms with Crippen molar-refractivity contribution < 1.29 is 31.2 Å². The van der Waals surface area contributed by atoms with Crippen molar-refractivity contribution in [1.82, 2.24) is 15.1 Å². The molecule has 0 unspecified atom stereocenters. The smallest absolute Gasteiger partial charge is 0.354 e. The Balaban J connectivity index is 1.85. The third-order valence-electron chi connectivity index (χ3n) is 4.57. The van der Waals surface area contributed by atoms with Crippen LogP contribution < -0.4 is 10.8 Å². The minimum Gasteiger partial charge on any atom is -0.354 e. The molecule has 0 bridgehead atoms. The van der Waals surface area contributed by atoms with Gasteiger partial charge in [0.2, 0.25) is 15.9 Å². The molecule has 1 aliphatic heterocycles. The Morgan fingerprint density at radius 1 is 1.23 bits per heavy atom. The summed E-state index contributed by atoms with van der Waals surface area (Å²) in [6, 6.07) is 3.67. The largest absolute Gasteiger partial charge is 0.416 e. The summed E-state index contributed by atoms with van der Waals surface area (Å²) in [6.45, 7) is 6.60. The van der Waals surface area contributed by atoms with Crippen LogP contribution in [0.5, 0.6) is 0 Å². The van der Waals surface area contributed by atoms with E-state index in [4.69, 9.17) is 4.84 Å². The average molecular weight is 464 g/mol. The number of amides is 1. The highest BCUT2D eigenvalue weighted by Gasteiger charge is 2.33. The summed E-state index contributed by atoms with van der Waals surface area (Å²) < 4.78 is 65.1. The molecule has 0 aliphatic carbocycles. The fourth-order valence-electron chi connectivity index (χ4n) is 2.77. The normalized spacial score (nSPS) is 16.0. The Bertz CT molecular complexity index is 909. The van der Waals surface area contributed by atoms with Crippen LogP contribution in [-0.4, -0.2) is 44.9 Å². The number of carbonyl (C=O) groups excluding carboxylic acids is 1. The lowest BCUT2D eigenvalue weighted by atomic mass is 9.92. The number of hydrogen-bond donors (Lipinski definition) is 2. The summed E-state index contributed by atoms with van der Waals surface area (Å²) in [5.41, 5.74) is 2.32. The van der Waals surface area contributed by atoms with E-state index in [-0.39, 0.29) is 37.4 Å². The molecule has 0 atom stereocenters. The summed E-state index contributed by atoms with van der Waals surface area (Å²) in [5, 5.41) is 2.75. The van der Waals surface area contributed by atoms with Crippen LogP contribution in [0.4, 0.5) is 13.2 Å². The van der Waals surface area contributed by atoms with E-state index in [9.17, 15) is 26.4 Å². The van der Waals surface area contributed by atoms with Crippen molar-refractivity contribution in [3.63, 3.8) is 0 Å². The molecule has 0 fully saturated rings. The zero-order valence-corrected chi connectivity index (χ0v) is 18.6. The van der Waals surface area contributed by atoms with Crippen molar-refractivity contribution in [1.29, 1.82) is 0 Å². The Labute approximate surface area is 180 Å². The molecular formula is C20H28F3N3O4S. The van der Waals surface area contributed by atoms with Crippen LogP contribution in [0.3, 0.4) is 0 Å². The maximum Gasteiger partial charge on any atom is 0.416 e. The fraction of sp³-hybridized carbons (Fsp3) is 0.550. The second-order valence-electron chi connectivity index (χ2n) is 8.42. The molecule has 7 nitrogen and oxygen atoms in total. The molecule has 0 saturated carbocycles. The Hall–Kier alpha value is -2.11. The van der Waals surface area contributed by atoms with Gasteiger partial charge in [-0.3, -0.25) is 15.1 Å². The van der Waals surface area contributed by atoms with E-state index in [1.54, 1.807) is 6.08 Å². The summed E-state index contributed by atoms with van der Waals surface area (Å²) in [7, 11) is -4.07. The highest BCUT2D eigenvalue weighted by atomic mass is 32.2.